The molecule has 0 amide bonds. The van der Waals surface area contributed by atoms with Gasteiger partial charge in [-0.3, -0.25) is 0 Å². The van der Waals surface area contributed by atoms with Crippen molar-refractivity contribution in [1.82, 2.24) is 9.55 Å². The Morgan fingerprint density at radius 1 is 0.538 bits per heavy atom. The van der Waals surface area contributed by atoms with Crippen LogP contribution in [0.25, 0.3) is 38.8 Å². The van der Waals surface area contributed by atoms with E-state index in [4.69, 9.17) is 9.72 Å². The number of hydrogen-bond acceptors (Lipinski definition) is 4. The molecule has 8 aromatic rings. The summed E-state index contributed by atoms with van der Waals surface area (Å²) in [6.07, 6.45) is 4.16. The first-order chi connectivity index (χ1) is 30.3. The molecule has 65 heavy (non-hydrogen) atoms. The van der Waals surface area contributed by atoms with E-state index in [9.17, 15) is 0 Å². The Balaban J connectivity index is 0.00000576. The predicted octanol–water partition coefficient (Wildman–Crippen LogP) is 15.5. The minimum atomic E-state index is -0.215. The molecular formula is C59H59N4OPt-3. The summed E-state index contributed by atoms with van der Waals surface area (Å²) >= 11 is 0. The van der Waals surface area contributed by atoms with E-state index in [-0.39, 0.29) is 42.7 Å². The van der Waals surface area contributed by atoms with Crippen LogP contribution < -0.4 is 14.5 Å². The molecule has 1 aliphatic rings. The largest absolute Gasteiger partial charge is 0.509 e. The van der Waals surface area contributed by atoms with Crippen LogP contribution in [0, 0.1) is 24.2 Å². The van der Waals surface area contributed by atoms with E-state index in [1.165, 1.54) is 28.0 Å². The van der Waals surface area contributed by atoms with Gasteiger partial charge in [-0.1, -0.05) is 167 Å². The minimum Gasteiger partial charge on any atom is -0.509 e. The zero-order valence-corrected chi connectivity index (χ0v) is 41.8. The smallest absolute Gasteiger partial charge is 0.135 e. The van der Waals surface area contributed by atoms with E-state index in [0.717, 1.165) is 50.1 Å². The molecule has 3 heterocycles. The first-order valence-electron chi connectivity index (χ1n) is 22.4. The summed E-state index contributed by atoms with van der Waals surface area (Å²) in [5.41, 5.74) is 11.9. The van der Waals surface area contributed by atoms with Crippen LogP contribution >= 0.6 is 0 Å². The minimum absolute atomic E-state index is 0. The molecular weight excluding hydrogens is 976 g/mol. The van der Waals surface area contributed by atoms with Gasteiger partial charge in [-0.25, -0.2) is 4.98 Å². The summed E-state index contributed by atoms with van der Waals surface area (Å²) in [7, 11) is 0. The molecule has 0 unspecified atom stereocenters. The van der Waals surface area contributed by atoms with Crippen LogP contribution in [-0.4, -0.2) is 9.55 Å². The van der Waals surface area contributed by atoms with Gasteiger partial charge in [0.15, 0.2) is 0 Å². The van der Waals surface area contributed by atoms with Gasteiger partial charge in [-0.05, 0) is 80.6 Å². The van der Waals surface area contributed by atoms with Crippen molar-refractivity contribution in [3.8, 4) is 28.4 Å². The van der Waals surface area contributed by atoms with Crippen LogP contribution in [-0.2, 0) is 37.3 Å². The molecule has 6 aromatic carbocycles. The number of rotatable bonds is 8. The van der Waals surface area contributed by atoms with Gasteiger partial charge < -0.3 is 19.1 Å². The SMILES string of the molecule is CC(C)(C)C1=CN(c2[c-]c(Oc3[c-]c4c(cc3)c3ccccc3n4-c3cc(C(C)(C)C)ccn3)cc(-c3ccccc3)c2)[CH-]N1c1cc(C(C)(C)C)cc(C(C)(C)c2ccccc2)c1.[Pt]. The van der Waals surface area contributed by atoms with Gasteiger partial charge in [0.05, 0.1) is 0 Å². The molecule has 0 radical (unpaired) electrons. The number of anilines is 2. The molecule has 5 nitrogen and oxygen atoms in total. The second-order valence-corrected chi connectivity index (χ2v) is 20.8. The van der Waals surface area contributed by atoms with Gasteiger partial charge in [0.1, 0.15) is 5.82 Å². The van der Waals surface area contributed by atoms with E-state index in [1.807, 2.05) is 12.3 Å². The van der Waals surface area contributed by atoms with E-state index in [2.05, 4.69) is 249 Å². The summed E-state index contributed by atoms with van der Waals surface area (Å²) in [4.78, 5) is 9.45. The maximum Gasteiger partial charge on any atom is 0.135 e. The molecule has 2 aromatic heterocycles. The van der Waals surface area contributed by atoms with Crippen molar-refractivity contribution in [2.45, 2.75) is 92.4 Å². The third-order valence-electron chi connectivity index (χ3n) is 12.6. The number of ether oxygens (including phenoxy) is 1. The van der Waals surface area contributed by atoms with Crippen molar-refractivity contribution in [3.05, 3.63) is 199 Å². The monoisotopic (exact) mass is 1030 g/mol. The maximum absolute atomic E-state index is 6.85. The summed E-state index contributed by atoms with van der Waals surface area (Å²) in [6.45, 7) is 27.3. The number of aromatic nitrogens is 2. The van der Waals surface area contributed by atoms with Crippen molar-refractivity contribution in [1.29, 1.82) is 0 Å². The van der Waals surface area contributed by atoms with Crippen LogP contribution in [0.2, 0.25) is 0 Å². The van der Waals surface area contributed by atoms with Crippen LogP contribution in [0.5, 0.6) is 11.5 Å². The molecule has 0 spiro atoms. The van der Waals surface area contributed by atoms with E-state index < -0.39 is 0 Å². The molecule has 9 rings (SSSR count). The Hall–Kier alpha value is -5.90. The molecule has 6 heteroatoms. The van der Waals surface area contributed by atoms with Crippen molar-refractivity contribution < 1.29 is 25.8 Å². The second kappa shape index (κ2) is 17.1. The summed E-state index contributed by atoms with van der Waals surface area (Å²) in [5, 5.41) is 2.23. The fourth-order valence-electron chi connectivity index (χ4n) is 8.69. The van der Waals surface area contributed by atoms with Crippen LogP contribution in [0.1, 0.15) is 98.4 Å². The van der Waals surface area contributed by atoms with Gasteiger partial charge in [0.25, 0.3) is 0 Å². The molecule has 0 atom stereocenters. The van der Waals surface area contributed by atoms with Crippen molar-refractivity contribution >= 4 is 33.2 Å². The van der Waals surface area contributed by atoms with E-state index in [0.29, 0.717) is 11.5 Å². The van der Waals surface area contributed by atoms with Gasteiger partial charge in [-0.2, -0.15) is 6.07 Å². The molecule has 0 bridgehead atoms. The Morgan fingerprint density at radius 3 is 1.89 bits per heavy atom. The molecule has 0 saturated carbocycles. The third kappa shape index (κ3) is 9.05. The number of hydrogen-bond donors (Lipinski definition) is 0. The standard InChI is InChI=1S/C59H59N4O.Pt/c1-56(2,3)43-28-29-60-55(35-43)63-52-25-19-18-24-50(52)51-27-26-48(37-53(51)63)64-49-31-41(40-20-14-12-15-21-40)30-46(36-49)61-38-54(58(7,8)9)62(39-61)47-33-44(57(4,5)6)32-45(34-47)59(10,11)42-22-16-13-17-23-42;/h12-35,38-39H,1-11H3;/q-3;. The molecule has 0 N–H and O–H groups in total. The summed E-state index contributed by atoms with van der Waals surface area (Å²) in [6, 6.07) is 57.0. The van der Waals surface area contributed by atoms with E-state index >= 15 is 0 Å². The first-order valence-corrected chi connectivity index (χ1v) is 22.4. The Morgan fingerprint density at radius 2 is 1.20 bits per heavy atom. The Bertz CT molecular complexity index is 3030. The number of nitrogens with zero attached hydrogens (tertiary/aromatic N) is 4. The normalized spacial score (nSPS) is 13.6. The van der Waals surface area contributed by atoms with Gasteiger partial charge >= 0.3 is 0 Å². The van der Waals surface area contributed by atoms with Crippen molar-refractivity contribution in [2.24, 2.45) is 5.41 Å². The maximum atomic E-state index is 6.85. The Kier molecular flexibility index (Phi) is 12.0. The average Bonchev–Trinajstić information content (AvgIpc) is 3.87. The number of benzene rings is 6. The third-order valence-corrected chi connectivity index (χ3v) is 12.6. The van der Waals surface area contributed by atoms with E-state index in [1.54, 1.807) is 0 Å². The average molecular weight is 1040 g/mol. The number of pyridine rings is 1. The Labute approximate surface area is 401 Å². The van der Waals surface area contributed by atoms with Crippen LogP contribution in [0.3, 0.4) is 0 Å². The zero-order chi connectivity index (χ0) is 45.2. The topological polar surface area (TPSA) is 33.5 Å². The predicted molar refractivity (Wildman–Crippen MR) is 267 cm³/mol. The fourth-order valence-corrected chi connectivity index (χ4v) is 8.69. The zero-order valence-electron chi connectivity index (χ0n) is 39.5. The van der Waals surface area contributed by atoms with Crippen molar-refractivity contribution in [3.63, 3.8) is 0 Å². The van der Waals surface area contributed by atoms with Gasteiger partial charge in [0, 0.05) is 66.5 Å². The number of allylic oxidation sites excluding steroid dienone is 1. The molecule has 0 fully saturated rings. The molecule has 0 saturated heterocycles. The number of fused-ring (bicyclic) bond motifs is 3. The van der Waals surface area contributed by atoms with Gasteiger partial charge in [-0.15, -0.1) is 53.6 Å². The van der Waals surface area contributed by atoms with Crippen molar-refractivity contribution in [2.75, 3.05) is 9.80 Å². The van der Waals surface area contributed by atoms with Gasteiger partial charge in [0.2, 0.25) is 0 Å². The van der Waals surface area contributed by atoms with Crippen LogP contribution in [0.4, 0.5) is 11.4 Å². The summed E-state index contributed by atoms with van der Waals surface area (Å²) in [5.74, 6) is 2.05. The number of para-hydroxylation sites is 1. The summed E-state index contributed by atoms with van der Waals surface area (Å²) < 4.78 is 9.05. The fraction of sp³-hybridized carbons (Fsp3) is 0.254. The first kappa shape index (κ1) is 45.7. The molecule has 334 valence electrons. The molecule has 1 aliphatic heterocycles. The quantitative estimate of drug-likeness (QED) is 0.142. The van der Waals surface area contributed by atoms with Crippen LogP contribution in [0.15, 0.2) is 158 Å². The molecule has 0 aliphatic carbocycles. The second-order valence-electron chi connectivity index (χ2n) is 20.8.